The van der Waals surface area contributed by atoms with Crippen LogP contribution in [0, 0.1) is 5.92 Å². The van der Waals surface area contributed by atoms with E-state index in [-0.39, 0.29) is 11.9 Å². The van der Waals surface area contributed by atoms with E-state index in [0.717, 1.165) is 25.8 Å². The molecule has 3 N–H and O–H groups in total. The van der Waals surface area contributed by atoms with Crippen molar-refractivity contribution in [2.24, 2.45) is 11.7 Å². The first-order valence-electron chi connectivity index (χ1n) is 6.22. The number of hydrogen-bond acceptors (Lipinski definition) is 3. The summed E-state index contributed by atoms with van der Waals surface area (Å²) in [4.78, 5) is 11.1. The van der Waals surface area contributed by atoms with Crippen molar-refractivity contribution in [2.75, 3.05) is 19.8 Å². The van der Waals surface area contributed by atoms with Gasteiger partial charge in [0.05, 0.1) is 6.61 Å². The maximum atomic E-state index is 11.1. The molecule has 0 saturated carbocycles. The number of carbonyl (C=O) groups excluding carboxylic acids is 1. The number of ether oxygens (including phenoxy) is 1. The van der Waals surface area contributed by atoms with Gasteiger partial charge < -0.3 is 15.8 Å². The average Bonchev–Trinajstić information content (AvgIpc) is 2.23. The largest absolute Gasteiger partial charge is 0.379 e. The van der Waals surface area contributed by atoms with Crippen molar-refractivity contribution in [1.82, 2.24) is 5.32 Å². The summed E-state index contributed by atoms with van der Waals surface area (Å²) < 4.78 is 5.51. The van der Waals surface area contributed by atoms with E-state index < -0.39 is 0 Å². The Morgan fingerprint density at radius 1 is 1.31 bits per heavy atom. The SMILES string of the molecule is CCCNC(COCC(C)CCC)C(N)=O. The molecule has 0 aromatic carbocycles. The Balaban J connectivity index is 3.71. The van der Waals surface area contributed by atoms with E-state index >= 15 is 0 Å². The molecule has 96 valence electrons. The second-order valence-corrected chi connectivity index (χ2v) is 4.34. The van der Waals surface area contributed by atoms with E-state index in [1.807, 2.05) is 0 Å². The lowest BCUT2D eigenvalue weighted by Gasteiger charge is -2.17. The summed E-state index contributed by atoms with van der Waals surface area (Å²) in [5, 5.41) is 3.08. The summed E-state index contributed by atoms with van der Waals surface area (Å²) in [7, 11) is 0. The number of nitrogens with two attached hydrogens (primary N) is 1. The van der Waals surface area contributed by atoms with Gasteiger partial charge in [-0.05, 0) is 25.3 Å². The van der Waals surface area contributed by atoms with Crippen LogP contribution in [0.2, 0.25) is 0 Å². The molecule has 0 fully saturated rings. The van der Waals surface area contributed by atoms with Crippen LogP contribution in [0.25, 0.3) is 0 Å². The van der Waals surface area contributed by atoms with Crippen LogP contribution in [0.1, 0.15) is 40.0 Å². The first-order valence-corrected chi connectivity index (χ1v) is 6.22. The highest BCUT2D eigenvalue weighted by Crippen LogP contribution is 2.05. The van der Waals surface area contributed by atoms with Gasteiger partial charge in [0.15, 0.2) is 0 Å². The Morgan fingerprint density at radius 3 is 2.50 bits per heavy atom. The van der Waals surface area contributed by atoms with Gasteiger partial charge in [0.2, 0.25) is 5.91 Å². The Labute approximate surface area is 98.9 Å². The Morgan fingerprint density at radius 2 is 2.00 bits per heavy atom. The monoisotopic (exact) mass is 230 g/mol. The second-order valence-electron chi connectivity index (χ2n) is 4.34. The Bertz CT molecular complexity index is 186. The quantitative estimate of drug-likeness (QED) is 0.594. The highest BCUT2D eigenvalue weighted by molar-refractivity contribution is 5.79. The van der Waals surface area contributed by atoms with E-state index in [1.54, 1.807) is 0 Å². The fourth-order valence-corrected chi connectivity index (χ4v) is 1.52. The molecule has 0 aliphatic heterocycles. The summed E-state index contributed by atoms with van der Waals surface area (Å²) in [5.41, 5.74) is 5.27. The lowest BCUT2D eigenvalue weighted by molar-refractivity contribution is -0.121. The van der Waals surface area contributed by atoms with E-state index in [4.69, 9.17) is 10.5 Å². The summed E-state index contributed by atoms with van der Waals surface area (Å²) in [6.45, 7) is 8.24. The van der Waals surface area contributed by atoms with Gasteiger partial charge in [0, 0.05) is 6.61 Å². The van der Waals surface area contributed by atoms with E-state index in [2.05, 4.69) is 26.1 Å². The van der Waals surface area contributed by atoms with Gasteiger partial charge in [-0.2, -0.15) is 0 Å². The van der Waals surface area contributed by atoms with Gasteiger partial charge >= 0.3 is 0 Å². The third-order valence-corrected chi connectivity index (χ3v) is 2.45. The summed E-state index contributed by atoms with van der Waals surface area (Å²) in [6.07, 6.45) is 3.30. The van der Waals surface area contributed by atoms with Crippen LogP contribution in [0.4, 0.5) is 0 Å². The first-order chi connectivity index (χ1) is 7.61. The normalized spacial score (nSPS) is 14.7. The molecule has 0 radical (unpaired) electrons. The van der Waals surface area contributed by atoms with Crippen molar-refractivity contribution in [3.63, 3.8) is 0 Å². The van der Waals surface area contributed by atoms with Gasteiger partial charge in [-0.25, -0.2) is 0 Å². The highest BCUT2D eigenvalue weighted by atomic mass is 16.5. The van der Waals surface area contributed by atoms with Gasteiger partial charge in [0.1, 0.15) is 6.04 Å². The molecule has 0 aliphatic carbocycles. The third kappa shape index (κ3) is 7.65. The van der Waals surface area contributed by atoms with Crippen LogP contribution in [0.3, 0.4) is 0 Å². The van der Waals surface area contributed by atoms with E-state index in [1.165, 1.54) is 0 Å². The predicted molar refractivity (Wildman–Crippen MR) is 66.2 cm³/mol. The lowest BCUT2D eigenvalue weighted by Crippen LogP contribution is -2.45. The van der Waals surface area contributed by atoms with Gasteiger partial charge in [0.25, 0.3) is 0 Å². The molecule has 0 aliphatic rings. The number of amides is 1. The van der Waals surface area contributed by atoms with Crippen LogP contribution in [0.15, 0.2) is 0 Å². The molecule has 0 rings (SSSR count). The lowest BCUT2D eigenvalue weighted by atomic mass is 10.1. The Hall–Kier alpha value is -0.610. The highest BCUT2D eigenvalue weighted by Gasteiger charge is 2.14. The van der Waals surface area contributed by atoms with Crippen molar-refractivity contribution in [2.45, 2.75) is 46.1 Å². The fourth-order valence-electron chi connectivity index (χ4n) is 1.52. The molecule has 0 heterocycles. The number of hydrogen-bond donors (Lipinski definition) is 2. The zero-order valence-corrected chi connectivity index (χ0v) is 10.8. The van der Waals surface area contributed by atoms with Crippen molar-refractivity contribution in [1.29, 1.82) is 0 Å². The molecule has 1 amide bonds. The van der Waals surface area contributed by atoms with Gasteiger partial charge in [-0.3, -0.25) is 4.79 Å². The molecule has 4 heteroatoms. The maximum absolute atomic E-state index is 11.1. The molecule has 0 spiro atoms. The summed E-state index contributed by atoms with van der Waals surface area (Å²) in [6, 6.07) is -0.353. The molecule has 0 saturated heterocycles. The van der Waals surface area contributed by atoms with Crippen molar-refractivity contribution in [3.8, 4) is 0 Å². The van der Waals surface area contributed by atoms with Crippen molar-refractivity contribution < 1.29 is 9.53 Å². The minimum absolute atomic E-state index is 0.336. The summed E-state index contributed by atoms with van der Waals surface area (Å²) >= 11 is 0. The standard InChI is InChI=1S/C12H26N2O2/c1-4-6-10(3)8-16-9-11(12(13)15)14-7-5-2/h10-11,14H,4-9H2,1-3H3,(H2,13,15). The number of primary amides is 1. The molecule has 0 aromatic heterocycles. The van der Waals surface area contributed by atoms with Crippen molar-refractivity contribution >= 4 is 5.91 Å². The maximum Gasteiger partial charge on any atom is 0.236 e. The molecule has 0 bridgehead atoms. The van der Waals surface area contributed by atoms with Gasteiger partial charge in [-0.15, -0.1) is 0 Å². The molecule has 0 aromatic rings. The number of carbonyl (C=O) groups is 1. The zero-order valence-electron chi connectivity index (χ0n) is 10.8. The second kappa shape index (κ2) is 9.60. The van der Waals surface area contributed by atoms with E-state index in [0.29, 0.717) is 19.1 Å². The molecule has 4 nitrogen and oxygen atoms in total. The first kappa shape index (κ1) is 15.4. The molecule has 16 heavy (non-hydrogen) atoms. The molecule has 2 atom stereocenters. The van der Waals surface area contributed by atoms with Crippen LogP contribution in [-0.4, -0.2) is 31.7 Å². The third-order valence-electron chi connectivity index (χ3n) is 2.45. The molecular weight excluding hydrogens is 204 g/mol. The summed E-state index contributed by atoms with van der Waals surface area (Å²) in [5.74, 6) is 0.210. The number of rotatable bonds is 10. The minimum atomic E-state index is -0.353. The predicted octanol–water partition coefficient (Wildman–Crippen LogP) is 1.29. The Kier molecular flexibility index (Phi) is 9.24. The van der Waals surface area contributed by atoms with E-state index in [9.17, 15) is 4.79 Å². The van der Waals surface area contributed by atoms with Crippen LogP contribution in [0.5, 0.6) is 0 Å². The smallest absolute Gasteiger partial charge is 0.236 e. The van der Waals surface area contributed by atoms with Crippen LogP contribution < -0.4 is 11.1 Å². The van der Waals surface area contributed by atoms with Crippen molar-refractivity contribution in [3.05, 3.63) is 0 Å². The van der Waals surface area contributed by atoms with Gasteiger partial charge in [-0.1, -0.05) is 27.2 Å². The molecule has 2 unspecified atom stereocenters. The average molecular weight is 230 g/mol. The fraction of sp³-hybridized carbons (Fsp3) is 0.917. The van der Waals surface area contributed by atoms with Crippen LogP contribution >= 0.6 is 0 Å². The van der Waals surface area contributed by atoms with Crippen LogP contribution in [-0.2, 0) is 9.53 Å². The topological polar surface area (TPSA) is 64.3 Å². The molecular formula is C12H26N2O2. The zero-order chi connectivity index (χ0) is 12.4. The number of nitrogens with one attached hydrogen (secondary N) is 1. The minimum Gasteiger partial charge on any atom is -0.379 e.